The quantitative estimate of drug-likeness (QED) is 0.809. The first-order chi connectivity index (χ1) is 13.7. The Kier molecular flexibility index (Phi) is 5.76. The Hall–Kier alpha value is -3.11. The lowest BCUT2D eigenvalue weighted by Crippen LogP contribution is -2.40. The van der Waals surface area contributed by atoms with Gasteiger partial charge in [0.2, 0.25) is 5.95 Å². The lowest BCUT2D eigenvalue weighted by molar-refractivity contribution is -0.192. The Morgan fingerprint density at radius 3 is 2.31 bits per heavy atom. The monoisotopic (exact) mass is 412 g/mol. The van der Waals surface area contributed by atoms with Crippen LogP contribution in [0.5, 0.6) is 0 Å². The van der Waals surface area contributed by atoms with E-state index in [-0.39, 0.29) is 11.9 Å². The molecule has 11 heteroatoms. The van der Waals surface area contributed by atoms with Gasteiger partial charge in [-0.15, -0.1) is 0 Å². The molecule has 2 atom stereocenters. The molecule has 0 radical (unpaired) electrons. The van der Waals surface area contributed by atoms with Crippen molar-refractivity contribution < 1.29 is 32.3 Å². The van der Waals surface area contributed by atoms with E-state index in [2.05, 4.69) is 14.9 Å². The third-order valence-corrected chi connectivity index (χ3v) is 4.84. The van der Waals surface area contributed by atoms with E-state index < -0.39 is 12.1 Å². The Morgan fingerprint density at radius 2 is 1.76 bits per heavy atom. The number of likely N-dealkylation sites (tertiary alicyclic amines) is 1. The lowest BCUT2D eigenvalue weighted by atomic mass is 10.1. The van der Waals surface area contributed by atoms with Gasteiger partial charge in [0.05, 0.1) is 12.1 Å². The maximum atomic E-state index is 12.6. The summed E-state index contributed by atoms with van der Waals surface area (Å²) in [6, 6.07) is 5.95. The standard InChI is InChI=1S/C16H18N4O2.C2HF3O2/c1-11-3-4-14(22-11)15(21)19-9-5-13-12(19)6-10-20(13)16-17-7-2-8-18-16;3-2(4,5)1(6)7/h2-4,7-8,12-13H,5-6,9-10H2,1H3;(H,6,7)/t12-,13+;/m1./s1. The van der Waals surface area contributed by atoms with Crippen LogP contribution in [0.15, 0.2) is 35.0 Å². The zero-order valence-electron chi connectivity index (χ0n) is 15.5. The fraction of sp³-hybridized carbons (Fsp3) is 0.444. The minimum absolute atomic E-state index is 0.00331. The third-order valence-electron chi connectivity index (χ3n) is 4.84. The van der Waals surface area contributed by atoms with Crippen LogP contribution in [0.1, 0.15) is 29.2 Å². The predicted octanol–water partition coefficient (Wildman–Crippen LogP) is 2.50. The highest BCUT2D eigenvalue weighted by molar-refractivity contribution is 5.92. The van der Waals surface area contributed by atoms with Gasteiger partial charge in [0.15, 0.2) is 5.76 Å². The van der Waals surface area contributed by atoms with Crippen molar-refractivity contribution in [3.05, 3.63) is 42.1 Å². The molecule has 0 aliphatic carbocycles. The van der Waals surface area contributed by atoms with Crippen molar-refractivity contribution in [1.29, 1.82) is 0 Å². The largest absolute Gasteiger partial charge is 0.490 e. The van der Waals surface area contributed by atoms with Gasteiger partial charge in [-0.05, 0) is 38.0 Å². The molecule has 2 fully saturated rings. The van der Waals surface area contributed by atoms with Gasteiger partial charge in [-0.25, -0.2) is 14.8 Å². The Labute approximate surface area is 163 Å². The van der Waals surface area contributed by atoms with Crippen LogP contribution in [0.25, 0.3) is 0 Å². The van der Waals surface area contributed by atoms with Crippen LogP contribution >= 0.6 is 0 Å². The Balaban J connectivity index is 0.000000298. The second-order valence-corrected chi connectivity index (χ2v) is 6.67. The minimum Gasteiger partial charge on any atom is -0.475 e. The summed E-state index contributed by atoms with van der Waals surface area (Å²) in [5, 5.41) is 7.12. The van der Waals surface area contributed by atoms with Gasteiger partial charge < -0.3 is 19.3 Å². The van der Waals surface area contributed by atoms with Crippen LogP contribution in [0.3, 0.4) is 0 Å². The van der Waals surface area contributed by atoms with Crippen molar-refractivity contribution in [1.82, 2.24) is 14.9 Å². The first kappa shape index (κ1) is 20.6. The summed E-state index contributed by atoms with van der Waals surface area (Å²) in [4.78, 5) is 34.4. The van der Waals surface area contributed by atoms with Crippen LogP contribution in [0.2, 0.25) is 0 Å². The molecule has 2 aliphatic rings. The van der Waals surface area contributed by atoms with E-state index in [1.54, 1.807) is 18.5 Å². The van der Waals surface area contributed by atoms with E-state index in [4.69, 9.17) is 14.3 Å². The average Bonchev–Trinajstić information content (AvgIpc) is 3.37. The fourth-order valence-electron chi connectivity index (χ4n) is 3.62. The number of alkyl halides is 3. The maximum Gasteiger partial charge on any atom is 0.490 e. The fourth-order valence-corrected chi connectivity index (χ4v) is 3.62. The second-order valence-electron chi connectivity index (χ2n) is 6.67. The molecular weight excluding hydrogens is 393 g/mol. The number of nitrogens with zero attached hydrogens (tertiary/aromatic N) is 4. The van der Waals surface area contributed by atoms with Crippen molar-refractivity contribution >= 4 is 17.8 Å². The van der Waals surface area contributed by atoms with Crippen molar-refractivity contribution in [2.45, 2.75) is 38.0 Å². The lowest BCUT2D eigenvalue weighted by Gasteiger charge is -2.25. The van der Waals surface area contributed by atoms with Gasteiger partial charge in [-0.2, -0.15) is 13.2 Å². The smallest absolute Gasteiger partial charge is 0.475 e. The number of carboxylic acids is 1. The average molecular weight is 412 g/mol. The molecule has 0 bridgehead atoms. The Bertz CT molecular complexity index is 871. The molecule has 0 unspecified atom stereocenters. The summed E-state index contributed by atoms with van der Waals surface area (Å²) in [6.45, 7) is 3.51. The summed E-state index contributed by atoms with van der Waals surface area (Å²) < 4.78 is 37.2. The van der Waals surface area contributed by atoms with Crippen LogP contribution in [-0.2, 0) is 4.79 Å². The topological polar surface area (TPSA) is 99.8 Å². The number of carbonyl (C=O) groups excluding carboxylic acids is 1. The first-order valence-corrected chi connectivity index (χ1v) is 8.89. The summed E-state index contributed by atoms with van der Waals surface area (Å²) in [5.74, 6) is -0.792. The highest BCUT2D eigenvalue weighted by Gasteiger charge is 2.45. The van der Waals surface area contributed by atoms with Crippen molar-refractivity contribution in [2.75, 3.05) is 18.0 Å². The first-order valence-electron chi connectivity index (χ1n) is 8.89. The number of carbonyl (C=O) groups is 2. The van der Waals surface area contributed by atoms with Gasteiger partial charge in [0, 0.05) is 25.5 Å². The van der Waals surface area contributed by atoms with Gasteiger partial charge >= 0.3 is 12.1 Å². The van der Waals surface area contributed by atoms with Crippen LogP contribution in [0.4, 0.5) is 19.1 Å². The van der Waals surface area contributed by atoms with Crippen molar-refractivity contribution in [2.24, 2.45) is 0 Å². The van der Waals surface area contributed by atoms with Gasteiger partial charge in [-0.1, -0.05) is 0 Å². The highest BCUT2D eigenvalue weighted by atomic mass is 19.4. The highest BCUT2D eigenvalue weighted by Crippen LogP contribution is 2.34. The molecule has 2 saturated heterocycles. The summed E-state index contributed by atoms with van der Waals surface area (Å²) in [6.07, 6.45) is 0.348. The van der Waals surface area contributed by atoms with E-state index in [0.717, 1.165) is 37.6 Å². The zero-order chi connectivity index (χ0) is 21.2. The summed E-state index contributed by atoms with van der Waals surface area (Å²) in [7, 11) is 0. The Morgan fingerprint density at radius 1 is 1.14 bits per heavy atom. The van der Waals surface area contributed by atoms with Crippen molar-refractivity contribution in [3.8, 4) is 0 Å². The molecule has 2 aliphatic heterocycles. The normalized spacial score (nSPS) is 20.8. The number of carboxylic acid groups (broad SMARTS) is 1. The molecular formula is C18H19F3N4O4. The maximum absolute atomic E-state index is 12.6. The number of amides is 1. The number of rotatable bonds is 2. The van der Waals surface area contributed by atoms with Crippen LogP contribution in [-0.4, -0.2) is 63.2 Å². The summed E-state index contributed by atoms with van der Waals surface area (Å²) >= 11 is 0. The second kappa shape index (κ2) is 8.10. The van der Waals surface area contributed by atoms with Gasteiger partial charge in [0.25, 0.3) is 5.91 Å². The minimum atomic E-state index is -5.08. The number of aliphatic carboxylic acids is 1. The number of aryl methyl sites for hydroxylation is 1. The van der Waals surface area contributed by atoms with E-state index in [0.29, 0.717) is 11.8 Å². The van der Waals surface area contributed by atoms with Gasteiger partial charge in [-0.3, -0.25) is 4.79 Å². The molecule has 4 rings (SSSR count). The van der Waals surface area contributed by atoms with E-state index >= 15 is 0 Å². The molecule has 2 aromatic rings. The number of halogens is 3. The van der Waals surface area contributed by atoms with Crippen molar-refractivity contribution in [3.63, 3.8) is 0 Å². The van der Waals surface area contributed by atoms with Gasteiger partial charge in [0.1, 0.15) is 5.76 Å². The SMILES string of the molecule is Cc1ccc(C(=O)N2CC[C@H]3[C@H]2CCN3c2ncccn2)o1.O=C(O)C(F)(F)F. The van der Waals surface area contributed by atoms with E-state index in [1.165, 1.54) is 0 Å². The van der Waals surface area contributed by atoms with E-state index in [1.807, 2.05) is 24.0 Å². The number of anilines is 1. The molecule has 0 spiro atoms. The van der Waals surface area contributed by atoms with E-state index in [9.17, 15) is 18.0 Å². The molecule has 8 nitrogen and oxygen atoms in total. The molecule has 1 N–H and O–H groups in total. The number of hydrogen-bond donors (Lipinski definition) is 1. The number of aromatic nitrogens is 2. The number of furan rings is 1. The summed E-state index contributed by atoms with van der Waals surface area (Å²) in [5.41, 5.74) is 0. The molecule has 4 heterocycles. The molecule has 29 heavy (non-hydrogen) atoms. The predicted molar refractivity (Wildman–Crippen MR) is 94.4 cm³/mol. The number of hydrogen-bond acceptors (Lipinski definition) is 6. The molecule has 0 aromatic carbocycles. The molecule has 0 saturated carbocycles. The third kappa shape index (κ3) is 4.49. The number of fused-ring (bicyclic) bond motifs is 1. The molecule has 156 valence electrons. The molecule has 1 amide bonds. The van der Waals surface area contributed by atoms with Crippen LogP contribution < -0.4 is 4.90 Å². The zero-order valence-corrected chi connectivity index (χ0v) is 15.5. The molecule has 2 aromatic heterocycles. The van der Waals surface area contributed by atoms with Crippen LogP contribution in [0, 0.1) is 6.92 Å².